The molecule has 2 heterocycles. The first-order chi connectivity index (χ1) is 14.2. The summed E-state index contributed by atoms with van der Waals surface area (Å²) >= 11 is 0. The maximum absolute atomic E-state index is 12.1. The highest BCUT2D eigenvalue weighted by molar-refractivity contribution is 7.90. The summed E-state index contributed by atoms with van der Waals surface area (Å²) < 4.78 is 24.1. The van der Waals surface area contributed by atoms with E-state index in [-0.39, 0.29) is 4.90 Å². The van der Waals surface area contributed by atoms with Gasteiger partial charge in [0.2, 0.25) is 0 Å². The van der Waals surface area contributed by atoms with Crippen LogP contribution in [-0.2, 0) is 9.84 Å². The third kappa shape index (κ3) is 3.69. The largest absolute Gasteiger partial charge is 0.383 e. The van der Waals surface area contributed by atoms with E-state index in [2.05, 4.69) is 15.0 Å². The van der Waals surface area contributed by atoms with Crippen molar-refractivity contribution < 1.29 is 8.42 Å². The molecule has 0 unspecified atom stereocenters. The molecule has 0 spiro atoms. The summed E-state index contributed by atoms with van der Waals surface area (Å²) in [6.45, 7) is 0. The monoisotopic (exact) mass is 419 g/mol. The number of hydrogen-bond donors (Lipinski definition) is 1. The van der Waals surface area contributed by atoms with Crippen LogP contribution in [0.5, 0.6) is 0 Å². The molecule has 0 aliphatic rings. The van der Waals surface area contributed by atoms with Crippen molar-refractivity contribution in [3.05, 3.63) is 60.9 Å². The summed E-state index contributed by atoms with van der Waals surface area (Å²) in [5, 5.41) is 0.594. The zero-order valence-electron chi connectivity index (χ0n) is 16.9. The summed E-state index contributed by atoms with van der Waals surface area (Å²) in [5.41, 5.74) is 10.7. The third-order valence-electron chi connectivity index (χ3n) is 4.89. The SMILES string of the molecule is CN(C)c1ccc(-c2cc(-c3cccc(S(C)(=O)=O)c3)c3c(N)ncnc3n2)cc1. The highest BCUT2D eigenvalue weighted by Crippen LogP contribution is 2.34. The Balaban J connectivity index is 1.97. The van der Waals surface area contributed by atoms with Gasteiger partial charge in [-0.2, -0.15) is 0 Å². The minimum Gasteiger partial charge on any atom is -0.383 e. The minimum absolute atomic E-state index is 0.234. The lowest BCUT2D eigenvalue weighted by Gasteiger charge is -2.14. The van der Waals surface area contributed by atoms with Gasteiger partial charge in [0.15, 0.2) is 15.5 Å². The Morgan fingerprint density at radius 2 is 1.67 bits per heavy atom. The molecule has 2 aromatic heterocycles. The Labute approximate surface area is 175 Å². The van der Waals surface area contributed by atoms with Crippen LogP contribution in [0.15, 0.2) is 65.8 Å². The second-order valence-corrected chi connectivity index (χ2v) is 9.27. The van der Waals surface area contributed by atoms with Crippen LogP contribution in [0.1, 0.15) is 0 Å². The van der Waals surface area contributed by atoms with E-state index in [9.17, 15) is 8.42 Å². The molecular formula is C22H21N5O2S. The number of nitrogens with two attached hydrogens (primary N) is 1. The number of aromatic nitrogens is 3. The standard InChI is InChI=1S/C22H21N5O2S/c1-27(2)16-9-7-14(8-10-16)19-12-18(20-21(23)24-13-25-22(20)26-19)15-5-4-6-17(11-15)30(3,28)29/h4-13H,1-3H3,(H2,23,24,25,26). The van der Waals surface area contributed by atoms with Gasteiger partial charge in [-0.25, -0.2) is 23.4 Å². The molecule has 0 aliphatic heterocycles. The Morgan fingerprint density at radius 1 is 0.933 bits per heavy atom. The third-order valence-corrected chi connectivity index (χ3v) is 6.00. The maximum atomic E-state index is 12.1. The van der Waals surface area contributed by atoms with E-state index < -0.39 is 9.84 Å². The maximum Gasteiger partial charge on any atom is 0.175 e. The fourth-order valence-electron chi connectivity index (χ4n) is 3.29. The van der Waals surface area contributed by atoms with Crippen LogP contribution in [0.3, 0.4) is 0 Å². The van der Waals surface area contributed by atoms with E-state index >= 15 is 0 Å². The van der Waals surface area contributed by atoms with Crippen molar-refractivity contribution in [2.24, 2.45) is 0 Å². The van der Waals surface area contributed by atoms with Gasteiger partial charge in [0.05, 0.1) is 16.0 Å². The predicted molar refractivity (Wildman–Crippen MR) is 120 cm³/mol. The van der Waals surface area contributed by atoms with Crippen LogP contribution in [0.25, 0.3) is 33.4 Å². The van der Waals surface area contributed by atoms with Gasteiger partial charge >= 0.3 is 0 Å². The van der Waals surface area contributed by atoms with Gasteiger partial charge in [-0.05, 0) is 41.5 Å². The molecule has 4 aromatic rings. The molecule has 0 bridgehead atoms. The number of nitrogens with zero attached hydrogens (tertiary/aromatic N) is 4. The average molecular weight is 420 g/mol. The number of benzene rings is 2. The second-order valence-electron chi connectivity index (χ2n) is 7.25. The van der Waals surface area contributed by atoms with E-state index in [4.69, 9.17) is 5.73 Å². The van der Waals surface area contributed by atoms with E-state index in [0.29, 0.717) is 28.1 Å². The summed E-state index contributed by atoms with van der Waals surface area (Å²) in [4.78, 5) is 15.3. The van der Waals surface area contributed by atoms with Crippen molar-refractivity contribution in [2.75, 3.05) is 31.0 Å². The Morgan fingerprint density at radius 3 is 2.33 bits per heavy atom. The van der Waals surface area contributed by atoms with Crippen LogP contribution in [0.2, 0.25) is 0 Å². The molecule has 152 valence electrons. The molecule has 2 N–H and O–H groups in total. The van der Waals surface area contributed by atoms with Crippen LogP contribution in [0, 0.1) is 0 Å². The fourth-order valence-corrected chi connectivity index (χ4v) is 3.95. The number of anilines is 2. The molecule has 4 rings (SSSR count). The molecule has 0 aliphatic carbocycles. The smallest absolute Gasteiger partial charge is 0.175 e. The molecule has 0 amide bonds. The normalized spacial score (nSPS) is 11.6. The first-order valence-electron chi connectivity index (χ1n) is 9.23. The summed E-state index contributed by atoms with van der Waals surface area (Å²) in [7, 11) is 0.609. The molecule has 8 heteroatoms. The van der Waals surface area contributed by atoms with Gasteiger partial charge in [-0.1, -0.05) is 24.3 Å². The number of sulfone groups is 1. The lowest BCUT2D eigenvalue weighted by atomic mass is 9.99. The van der Waals surface area contributed by atoms with Crippen molar-refractivity contribution >= 4 is 32.4 Å². The lowest BCUT2D eigenvalue weighted by Crippen LogP contribution is -2.08. The van der Waals surface area contributed by atoms with Crippen LogP contribution >= 0.6 is 0 Å². The van der Waals surface area contributed by atoms with E-state index in [1.54, 1.807) is 18.2 Å². The molecule has 0 saturated carbocycles. The highest BCUT2D eigenvalue weighted by atomic mass is 32.2. The number of nitrogen functional groups attached to an aromatic ring is 1. The van der Waals surface area contributed by atoms with Crippen LogP contribution < -0.4 is 10.6 Å². The van der Waals surface area contributed by atoms with E-state index in [1.807, 2.05) is 55.4 Å². The number of pyridine rings is 1. The van der Waals surface area contributed by atoms with Gasteiger partial charge < -0.3 is 10.6 Å². The number of rotatable bonds is 4. The topological polar surface area (TPSA) is 102 Å². The fraction of sp³-hybridized carbons (Fsp3) is 0.136. The molecule has 2 aromatic carbocycles. The van der Waals surface area contributed by atoms with Gasteiger partial charge in [0, 0.05) is 31.6 Å². The van der Waals surface area contributed by atoms with Crippen molar-refractivity contribution in [3.63, 3.8) is 0 Å². The quantitative estimate of drug-likeness (QED) is 0.541. The first-order valence-corrected chi connectivity index (χ1v) is 11.1. The highest BCUT2D eigenvalue weighted by Gasteiger charge is 2.16. The summed E-state index contributed by atoms with van der Waals surface area (Å²) in [5.74, 6) is 0.293. The molecule has 30 heavy (non-hydrogen) atoms. The van der Waals surface area contributed by atoms with Crippen molar-refractivity contribution in [1.82, 2.24) is 15.0 Å². The Kier molecular flexibility index (Phi) is 4.87. The average Bonchev–Trinajstić information content (AvgIpc) is 2.73. The van der Waals surface area contributed by atoms with Crippen molar-refractivity contribution in [3.8, 4) is 22.4 Å². The number of hydrogen-bond acceptors (Lipinski definition) is 7. The predicted octanol–water partition coefficient (Wildman–Crippen LogP) is 3.41. The van der Waals surface area contributed by atoms with Gasteiger partial charge in [-0.15, -0.1) is 0 Å². The Hall–Kier alpha value is -3.52. The second kappa shape index (κ2) is 7.38. The lowest BCUT2D eigenvalue weighted by molar-refractivity contribution is 0.602. The molecule has 7 nitrogen and oxygen atoms in total. The van der Waals surface area contributed by atoms with Crippen LogP contribution in [0.4, 0.5) is 11.5 Å². The zero-order chi connectivity index (χ0) is 21.5. The van der Waals surface area contributed by atoms with Crippen LogP contribution in [-0.4, -0.2) is 43.7 Å². The van der Waals surface area contributed by atoms with E-state index in [1.165, 1.54) is 12.6 Å². The van der Waals surface area contributed by atoms with Gasteiger partial charge in [0.25, 0.3) is 0 Å². The van der Waals surface area contributed by atoms with Crippen molar-refractivity contribution in [1.29, 1.82) is 0 Å². The van der Waals surface area contributed by atoms with Gasteiger partial charge in [-0.3, -0.25) is 0 Å². The number of fused-ring (bicyclic) bond motifs is 1. The molecule has 0 atom stereocenters. The first kappa shape index (κ1) is 19.8. The summed E-state index contributed by atoms with van der Waals surface area (Å²) in [6.07, 6.45) is 2.56. The molecule has 0 fully saturated rings. The van der Waals surface area contributed by atoms with Gasteiger partial charge in [0.1, 0.15) is 12.1 Å². The van der Waals surface area contributed by atoms with Crippen molar-refractivity contribution in [2.45, 2.75) is 4.90 Å². The molecular weight excluding hydrogens is 398 g/mol. The van der Waals surface area contributed by atoms with E-state index in [0.717, 1.165) is 16.8 Å². The molecule has 0 radical (unpaired) electrons. The molecule has 0 saturated heterocycles. The Bertz CT molecular complexity index is 1350. The zero-order valence-corrected chi connectivity index (χ0v) is 17.7. The minimum atomic E-state index is -3.35. The summed E-state index contributed by atoms with van der Waals surface area (Å²) in [6, 6.07) is 16.7.